The lowest BCUT2D eigenvalue weighted by Gasteiger charge is -2.24. The molecule has 4 amide bonds. The van der Waals surface area contributed by atoms with Gasteiger partial charge in [-0.2, -0.15) is 4.39 Å². The van der Waals surface area contributed by atoms with Crippen LogP contribution in [-0.4, -0.2) is 94.8 Å². The summed E-state index contributed by atoms with van der Waals surface area (Å²) < 4.78 is 28.7. The zero-order chi connectivity index (χ0) is 35.9. The fourth-order valence-corrected chi connectivity index (χ4v) is 7.23. The largest absolute Gasteiger partial charge is 0.493 e. The van der Waals surface area contributed by atoms with E-state index in [1.807, 2.05) is 41.5 Å². The van der Waals surface area contributed by atoms with Crippen molar-refractivity contribution in [3.05, 3.63) is 81.7 Å². The van der Waals surface area contributed by atoms with Crippen LogP contribution in [0.25, 0.3) is 5.65 Å². The molecule has 1 saturated heterocycles. The number of carbonyl (C=O) groups is 4. The van der Waals surface area contributed by atoms with Crippen molar-refractivity contribution in [2.24, 2.45) is 0 Å². The maximum Gasteiger partial charge on any atom is 0.278 e. The Morgan fingerprint density at radius 2 is 1.88 bits per heavy atom. The predicted octanol–water partition coefficient (Wildman–Crippen LogP) is 3.93. The van der Waals surface area contributed by atoms with Crippen LogP contribution in [0.5, 0.6) is 11.5 Å². The number of aromatic nitrogens is 2. The van der Waals surface area contributed by atoms with Gasteiger partial charge in [0.05, 0.1) is 20.1 Å². The molecule has 1 aromatic carbocycles. The van der Waals surface area contributed by atoms with Gasteiger partial charge in [-0.3, -0.25) is 23.6 Å². The number of likely N-dealkylation sites (tertiary alicyclic amines) is 1. The van der Waals surface area contributed by atoms with Crippen LogP contribution in [0, 0.1) is 12.9 Å². The number of hydrogen-bond acceptors (Lipinski definition) is 8. The molecular formula is C37H43FN6O6S. The lowest BCUT2D eigenvalue weighted by molar-refractivity contribution is -0.130. The third-order valence-electron chi connectivity index (χ3n) is 9.24. The van der Waals surface area contributed by atoms with Gasteiger partial charge in [0.1, 0.15) is 17.8 Å². The van der Waals surface area contributed by atoms with Crippen LogP contribution < -0.4 is 20.1 Å². The molecular weight excluding hydrogens is 676 g/mol. The van der Waals surface area contributed by atoms with Crippen molar-refractivity contribution in [3.63, 3.8) is 0 Å². The molecule has 3 aliphatic heterocycles. The number of methoxy groups -OCH3 is 1. The summed E-state index contributed by atoms with van der Waals surface area (Å²) in [6, 6.07) is 11.8. The van der Waals surface area contributed by atoms with Gasteiger partial charge < -0.3 is 29.9 Å². The van der Waals surface area contributed by atoms with Crippen LogP contribution in [0.15, 0.2) is 54.0 Å². The van der Waals surface area contributed by atoms with Crippen molar-refractivity contribution < 1.29 is 33.0 Å². The Kier molecular flexibility index (Phi) is 11.5. The van der Waals surface area contributed by atoms with Crippen LogP contribution in [0.3, 0.4) is 0 Å². The van der Waals surface area contributed by atoms with Gasteiger partial charge in [-0.15, -0.1) is 11.3 Å². The number of fused-ring (bicyclic) bond motifs is 16. The molecule has 0 spiro atoms. The maximum atomic E-state index is 15.6. The zero-order valence-corrected chi connectivity index (χ0v) is 29.7. The van der Waals surface area contributed by atoms with Crippen LogP contribution in [0.1, 0.15) is 58.6 Å². The SMILES string of the molecule is COc1cc2ccc1O[C@H]1C[C@@H](C(=O)NCCCCN(C(=O)Cc3cccs3)CCCNC(=O)CC2)N(C(=O)c2nc3ccc(C)cn3c2F)C1. The van der Waals surface area contributed by atoms with E-state index in [4.69, 9.17) is 9.47 Å². The molecule has 6 heterocycles. The molecule has 7 rings (SSSR count). The molecule has 270 valence electrons. The molecule has 0 aliphatic carbocycles. The van der Waals surface area contributed by atoms with Gasteiger partial charge in [0.2, 0.25) is 23.7 Å². The number of hydrogen-bond donors (Lipinski definition) is 2. The molecule has 4 bridgehead atoms. The summed E-state index contributed by atoms with van der Waals surface area (Å²) in [5.74, 6) is -1.06. The van der Waals surface area contributed by atoms with E-state index in [1.54, 1.807) is 24.4 Å². The first-order valence-corrected chi connectivity index (χ1v) is 18.2. The number of thiophene rings is 1. The lowest BCUT2D eigenvalue weighted by atomic mass is 10.1. The summed E-state index contributed by atoms with van der Waals surface area (Å²) in [5.41, 5.74) is 1.60. The van der Waals surface area contributed by atoms with Crippen molar-refractivity contribution in [2.45, 2.75) is 64.0 Å². The molecule has 0 unspecified atom stereocenters. The van der Waals surface area contributed by atoms with Gasteiger partial charge >= 0.3 is 0 Å². The Balaban J connectivity index is 1.22. The Morgan fingerprint density at radius 3 is 2.69 bits per heavy atom. The van der Waals surface area contributed by atoms with E-state index in [0.717, 1.165) is 16.0 Å². The molecule has 51 heavy (non-hydrogen) atoms. The predicted molar refractivity (Wildman–Crippen MR) is 190 cm³/mol. The second-order valence-corrected chi connectivity index (χ2v) is 14.0. The standard InChI is InChI=1S/C37H43FN6O6S/c1-24-8-12-31-41-34(35(38)44(31)22-24)37(48)43-23-26-20-28(43)36(47)40-14-3-4-16-42(33(46)21-27-7-5-18-51-27)17-6-15-39-32(45)13-10-25-9-11-29(50-26)30(19-25)49-2/h5,7-9,11-12,18-19,22,26,28H,3-4,6,10,13-17,20-21,23H2,1-2H3,(H,39,45)(H,40,47)/t26-,28-/m0/s1. The first kappa shape index (κ1) is 35.8. The molecule has 0 radical (unpaired) electrons. The Labute approximate surface area is 299 Å². The topological polar surface area (TPSA) is 135 Å². The number of nitrogens with zero attached hydrogens (tertiary/aromatic N) is 4. The number of halogens is 1. The highest BCUT2D eigenvalue weighted by Crippen LogP contribution is 2.33. The minimum atomic E-state index is -0.932. The highest BCUT2D eigenvalue weighted by atomic mass is 32.1. The van der Waals surface area contributed by atoms with Crippen molar-refractivity contribution in [1.29, 1.82) is 0 Å². The van der Waals surface area contributed by atoms with Crippen LogP contribution in [0.2, 0.25) is 0 Å². The summed E-state index contributed by atoms with van der Waals surface area (Å²) in [6.45, 7) is 3.61. The average molecular weight is 719 g/mol. The number of imidazole rings is 1. The van der Waals surface area contributed by atoms with Gasteiger partial charge in [0.25, 0.3) is 5.91 Å². The number of nitrogens with one attached hydrogen (secondary N) is 2. The van der Waals surface area contributed by atoms with Crippen molar-refractivity contribution in [3.8, 4) is 11.5 Å². The molecule has 12 nitrogen and oxygen atoms in total. The van der Waals surface area contributed by atoms with Crippen LogP contribution in [0.4, 0.5) is 4.39 Å². The van der Waals surface area contributed by atoms with Crippen LogP contribution >= 0.6 is 11.3 Å². The second kappa shape index (κ2) is 16.4. The number of carbonyl (C=O) groups excluding carboxylic acids is 4. The van der Waals surface area contributed by atoms with E-state index in [0.29, 0.717) is 69.8 Å². The number of amides is 4. The van der Waals surface area contributed by atoms with Crippen LogP contribution in [-0.2, 0) is 27.2 Å². The molecule has 2 N–H and O–H groups in total. The summed E-state index contributed by atoms with van der Waals surface area (Å²) in [5, 5.41) is 7.87. The normalized spacial score (nSPS) is 19.5. The fraction of sp³-hybridized carbons (Fsp3) is 0.432. The number of ether oxygens (including phenoxy) is 2. The fourth-order valence-electron chi connectivity index (χ4n) is 6.53. The van der Waals surface area contributed by atoms with Gasteiger partial charge in [0.15, 0.2) is 17.2 Å². The van der Waals surface area contributed by atoms with E-state index >= 15 is 4.39 Å². The Hall–Kier alpha value is -4.98. The number of benzene rings is 1. The second-order valence-electron chi connectivity index (χ2n) is 13.0. The average Bonchev–Trinajstić information content (AvgIpc) is 3.87. The van der Waals surface area contributed by atoms with E-state index in [-0.39, 0.29) is 48.4 Å². The third kappa shape index (κ3) is 8.67. The molecule has 14 heteroatoms. The van der Waals surface area contributed by atoms with E-state index in [2.05, 4.69) is 15.6 Å². The van der Waals surface area contributed by atoms with E-state index in [9.17, 15) is 19.2 Å². The maximum absolute atomic E-state index is 15.6. The van der Waals surface area contributed by atoms with E-state index in [1.165, 1.54) is 27.7 Å². The van der Waals surface area contributed by atoms with Gasteiger partial charge in [-0.25, -0.2) is 4.98 Å². The minimum Gasteiger partial charge on any atom is -0.493 e. The summed E-state index contributed by atoms with van der Waals surface area (Å²) in [4.78, 5) is 61.9. The molecule has 3 aromatic heterocycles. The summed E-state index contributed by atoms with van der Waals surface area (Å²) >= 11 is 1.54. The molecule has 0 saturated carbocycles. The van der Waals surface area contributed by atoms with Crippen molar-refractivity contribution in [1.82, 2.24) is 29.8 Å². The molecule has 1 fully saturated rings. The Bertz CT molecular complexity index is 1880. The van der Waals surface area contributed by atoms with E-state index < -0.39 is 24.0 Å². The monoisotopic (exact) mass is 718 g/mol. The molecule has 4 aromatic rings. The smallest absolute Gasteiger partial charge is 0.278 e. The minimum absolute atomic E-state index is 0.0140. The van der Waals surface area contributed by atoms with Gasteiger partial charge in [-0.1, -0.05) is 18.2 Å². The molecule has 2 atom stereocenters. The number of rotatable bonds is 4. The quantitative estimate of drug-likeness (QED) is 0.327. The highest BCUT2D eigenvalue weighted by Gasteiger charge is 2.43. The highest BCUT2D eigenvalue weighted by molar-refractivity contribution is 7.10. The molecule has 3 aliphatic rings. The first-order chi connectivity index (χ1) is 24.7. The lowest BCUT2D eigenvalue weighted by Crippen LogP contribution is -2.46. The summed E-state index contributed by atoms with van der Waals surface area (Å²) in [7, 11) is 1.52. The van der Waals surface area contributed by atoms with Crippen molar-refractivity contribution in [2.75, 3.05) is 39.8 Å². The first-order valence-electron chi connectivity index (χ1n) is 17.3. The van der Waals surface area contributed by atoms with Gasteiger partial charge in [0, 0.05) is 50.1 Å². The van der Waals surface area contributed by atoms with Gasteiger partial charge in [-0.05, 0) is 73.4 Å². The number of pyridine rings is 1. The zero-order valence-electron chi connectivity index (χ0n) is 28.9. The van der Waals surface area contributed by atoms with Crippen molar-refractivity contribution >= 4 is 40.6 Å². The summed E-state index contributed by atoms with van der Waals surface area (Å²) in [6.07, 6.45) is 4.05. The third-order valence-corrected chi connectivity index (χ3v) is 10.1. The number of aryl methyl sites for hydroxylation is 2. The Morgan fingerprint density at radius 1 is 1.06 bits per heavy atom.